The first kappa shape index (κ1) is 22.3. The fourth-order valence-corrected chi connectivity index (χ4v) is 5.75. The van der Waals surface area contributed by atoms with E-state index in [1.165, 1.54) is 29.5 Å². The summed E-state index contributed by atoms with van der Waals surface area (Å²) in [6.07, 6.45) is 6.17. The molecule has 0 aliphatic carbocycles. The second-order valence-corrected chi connectivity index (χ2v) is 9.63. The van der Waals surface area contributed by atoms with Crippen LogP contribution in [0.2, 0.25) is 0 Å². The quantitative estimate of drug-likeness (QED) is 0.506. The molecule has 3 aromatic rings. The molecule has 4 heterocycles. The van der Waals surface area contributed by atoms with Crippen molar-refractivity contribution in [3.8, 4) is 0 Å². The van der Waals surface area contributed by atoms with E-state index in [4.69, 9.17) is 0 Å². The minimum Gasteiger partial charge on any atom is -0.333 e. The maximum atomic E-state index is 14.2. The smallest absolute Gasteiger partial charge is 0.241 e. The Morgan fingerprint density at radius 1 is 1.21 bits per heavy atom. The van der Waals surface area contributed by atoms with Crippen molar-refractivity contribution >= 4 is 29.1 Å². The molecule has 0 bridgehead atoms. The summed E-state index contributed by atoms with van der Waals surface area (Å²) in [5.74, 6) is -1.61. The lowest BCUT2D eigenvalue weighted by Gasteiger charge is -2.31. The molecule has 0 spiro atoms. The Labute approximate surface area is 200 Å². The van der Waals surface area contributed by atoms with Gasteiger partial charge in [-0.3, -0.25) is 24.3 Å². The number of pyridine rings is 1. The molecule has 2 aliphatic rings. The van der Waals surface area contributed by atoms with Crippen molar-refractivity contribution in [1.82, 2.24) is 19.8 Å². The summed E-state index contributed by atoms with van der Waals surface area (Å²) in [6, 6.07) is 9.04. The third-order valence-corrected chi connectivity index (χ3v) is 7.49. The van der Waals surface area contributed by atoms with Crippen LogP contribution >= 0.6 is 11.3 Å². The number of aromatic nitrogens is 2. The molecule has 0 saturated carbocycles. The molecule has 2 unspecified atom stereocenters. The number of hydrogen-bond donors (Lipinski definition) is 0. The molecular weight excluding hydrogens is 455 g/mol. The fourth-order valence-electron chi connectivity index (χ4n) is 4.97. The van der Waals surface area contributed by atoms with Gasteiger partial charge in [0.2, 0.25) is 17.7 Å². The molecule has 2 fully saturated rings. The zero-order valence-electron chi connectivity index (χ0n) is 18.4. The van der Waals surface area contributed by atoms with Crippen molar-refractivity contribution < 1.29 is 18.8 Å². The second kappa shape index (κ2) is 9.06. The van der Waals surface area contributed by atoms with E-state index in [1.807, 2.05) is 5.38 Å². The highest BCUT2D eigenvalue weighted by Crippen LogP contribution is 2.43. The van der Waals surface area contributed by atoms with Gasteiger partial charge in [0.05, 0.1) is 18.0 Å². The molecule has 174 valence electrons. The first-order chi connectivity index (χ1) is 16.5. The van der Waals surface area contributed by atoms with Crippen LogP contribution in [0.5, 0.6) is 0 Å². The zero-order valence-corrected chi connectivity index (χ0v) is 19.2. The average Bonchev–Trinajstić information content (AvgIpc) is 3.57. The van der Waals surface area contributed by atoms with Gasteiger partial charge in [-0.1, -0.05) is 18.2 Å². The molecule has 5 rings (SSSR count). The number of carbonyl (C=O) groups is 3. The number of thiazole rings is 1. The predicted octanol–water partition coefficient (Wildman–Crippen LogP) is 3.63. The molecule has 2 saturated heterocycles. The van der Waals surface area contributed by atoms with Gasteiger partial charge in [-0.25, -0.2) is 9.37 Å². The molecule has 1 aromatic carbocycles. The molecule has 3 amide bonds. The molecule has 7 nitrogen and oxygen atoms in total. The van der Waals surface area contributed by atoms with Crippen molar-refractivity contribution in [2.75, 3.05) is 6.54 Å². The third-order valence-electron chi connectivity index (χ3n) is 6.61. The van der Waals surface area contributed by atoms with Crippen LogP contribution in [0.1, 0.15) is 47.9 Å². The first-order valence-corrected chi connectivity index (χ1v) is 12.0. The van der Waals surface area contributed by atoms with E-state index in [0.717, 1.165) is 22.7 Å². The number of hydrogen-bond acceptors (Lipinski definition) is 6. The van der Waals surface area contributed by atoms with Crippen LogP contribution in [0.4, 0.5) is 4.39 Å². The number of nitrogens with zero attached hydrogens (tertiary/aromatic N) is 4. The van der Waals surface area contributed by atoms with Crippen molar-refractivity contribution in [1.29, 1.82) is 0 Å². The summed E-state index contributed by atoms with van der Waals surface area (Å²) in [6.45, 7) is 0.617. The standard InChI is InChI=1S/C25H23FN4O3S/c26-19-6-1-5-18(12-19)25(13-21(31)29-10-3-7-20(29)23-28-9-11-34-23)14-22(32)30(24(25)33)16-17-4-2-8-27-15-17/h1-2,4-6,8-9,11-12,15,20H,3,7,10,13-14,16H2. The van der Waals surface area contributed by atoms with E-state index >= 15 is 0 Å². The summed E-state index contributed by atoms with van der Waals surface area (Å²) >= 11 is 1.49. The van der Waals surface area contributed by atoms with Gasteiger partial charge in [-0.15, -0.1) is 11.3 Å². The second-order valence-electron chi connectivity index (χ2n) is 8.71. The summed E-state index contributed by atoms with van der Waals surface area (Å²) < 4.78 is 14.2. The average molecular weight is 479 g/mol. The minimum absolute atomic E-state index is 0.0578. The van der Waals surface area contributed by atoms with Crippen LogP contribution in [0, 0.1) is 5.82 Å². The molecule has 0 N–H and O–H groups in total. The van der Waals surface area contributed by atoms with Gasteiger partial charge in [-0.05, 0) is 42.2 Å². The predicted molar refractivity (Wildman–Crippen MR) is 123 cm³/mol. The van der Waals surface area contributed by atoms with E-state index in [0.29, 0.717) is 17.7 Å². The molecule has 0 radical (unpaired) electrons. The van der Waals surface area contributed by atoms with E-state index in [9.17, 15) is 18.8 Å². The van der Waals surface area contributed by atoms with Crippen LogP contribution < -0.4 is 0 Å². The van der Waals surface area contributed by atoms with Gasteiger partial charge in [0.25, 0.3) is 0 Å². The number of imide groups is 1. The normalized spacial score (nSPS) is 22.6. The fraction of sp³-hybridized carbons (Fsp3) is 0.320. The summed E-state index contributed by atoms with van der Waals surface area (Å²) in [5, 5.41) is 2.73. The number of likely N-dealkylation sites (tertiary alicyclic amines) is 2. The Hall–Kier alpha value is -3.46. The third kappa shape index (κ3) is 4.00. The maximum Gasteiger partial charge on any atom is 0.241 e. The molecule has 2 atom stereocenters. The van der Waals surface area contributed by atoms with E-state index < -0.39 is 17.1 Å². The zero-order chi connectivity index (χ0) is 23.7. The van der Waals surface area contributed by atoms with E-state index in [1.54, 1.807) is 41.7 Å². The minimum atomic E-state index is -1.45. The number of halogens is 1. The van der Waals surface area contributed by atoms with E-state index in [2.05, 4.69) is 9.97 Å². The van der Waals surface area contributed by atoms with Crippen LogP contribution in [0.3, 0.4) is 0 Å². The SMILES string of the molecule is O=C1CC(CC(=O)N2CCCC2c2nccs2)(c2cccc(F)c2)C(=O)N1Cc1cccnc1. The van der Waals surface area contributed by atoms with Crippen LogP contribution in [-0.4, -0.2) is 44.0 Å². The Morgan fingerprint density at radius 2 is 2.09 bits per heavy atom. The highest BCUT2D eigenvalue weighted by molar-refractivity contribution is 7.09. The van der Waals surface area contributed by atoms with Gasteiger partial charge in [0, 0.05) is 43.4 Å². The first-order valence-electron chi connectivity index (χ1n) is 11.2. The monoisotopic (exact) mass is 478 g/mol. The number of rotatable bonds is 6. The Morgan fingerprint density at radius 3 is 2.82 bits per heavy atom. The number of amides is 3. The lowest BCUT2D eigenvalue weighted by molar-refractivity contribution is -0.143. The van der Waals surface area contributed by atoms with Crippen molar-refractivity contribution in [2.45, 2.75) is 43.7 Å². The summed E-state index contributed by atoms with van der Waals surface area (Å²) in [5.41, 5.74) is -0.402. The van der Waals surface area contributed by atoms with Crippen LogP contribution in [0.25, 0.3) is 0 Å². The van der Waals surface area contributed by atoms with E-state index in [-0.39, 0.29) is 37.2 Å². The highest BCUT2D eigenvalue weighted by Gasteiger charge is 2.54. The van der Waals surface area contributed by atoms with Gasteiger partial charge in [0.15, 0.2) is 0 Å². The molecular formula is C25H23FN4O3S. The lowest BCUT2D eigenvalue weighted by atomic mass is 9.75. The molecule has 2 aliphatic heterocycles. The summed E-state index contributed by atoms with van der Waals surface area (Å²) in [7, 11) is 0. The highest BCUT2D eigenvalue weighted by atomic mass is 32.1. The number of carbonyl (C=O) groups excluding carboxylic acids is 3. The molecule has 9 heteroatoms. The topological polar surface area (TPSA) is 83.5 Å². The number of benzene rings is 1. The molecule has 2 aromatic heterocycles. The molecule has 34 heavy (non-hydrogen) atoms. The van der Waals surface area contributed by atoms with Gasteiger partial charge < -0.3 is 4.90 Å². The van der Waals surface area contributed by atoms with Crippen LogP contribution in [-0.2, 0) is 26.3 Å². The Balaban J connectivity index is 1.48. The van der Waals surface area contributed by atoms with Gasteiger partial charge >= 0.3 is 0 Å². The van der Waals surface area contributed by atoms with Crippen molar-refractivity contribution in [3.63, 3.8) is 0 Å². The van der Waals surface area contributed by atoms with Gasteiger partial charge in [0.1, 0.15) is 10.8 Å². The van der Waals surface area contributed by atoms with Crippen molar-refractivity contribution in [2.24, 2.45) is 0 Å². The van der Waals surface area contributed by atoms with Crippen molar-refractivity contribution in [3.05, 3.63) is 82.3 Å². The summed E-state index contributed by atoms with van der Waals surface area (Å²) in [4.78, 5) is 51.8. The Bertz CT molecular complexity index is 1220. The largest absolute Gasteiger partial charge is 0.333 e. The van der Waals surface area contributed by atoms with Crippen LogP contribution in [0.15, 0.2) is 60.4 Å². The van der Waals surface area contributed by atoms with Gasteiger partial charge in [-0.2, -0.15) is 0 Å². The lowest BCUT2D eigenvalue weighted by Crippen LogP contribution is -2.43. The maximum absolute atomic E-state index is 14.2. The Kier molecular flexibility index (Phi) is 5.95.